The monoisotopic (exact) mass is 403 g/mol. The SMILES string of the molecule is CC1(C)Cc2c(sc3c2C(=O)N(c2ccccc2)C2=NCCCN23)CO1.Cl. The lowest BCUT2D eigenvalue weighted by Crippen LogP contribution is -2.54. The molecule has 0 saturated heterocycles. The van der Waals surface area contributed by atoms with Crippen molar-refractivity contribution >= 4 is 46.3 Å². The van der Waals surface area contributed by atoms with Crippen LogP contribution in [0.3, 0.4) is 0 Å². The quantitative estimate of drug-likeness (QED) is 0.715. The molecular weight excluding hydrogens is 382 g/mol. The molecule has 4 heterocycles. The van der Waals surface area contributed by atoms with Gasteiger partial charge in [0.2, 0.25) is 5.96 Å². The van der Waals surface area contributed by atoms with Crippen molar-refractivity contribution in [1.29, 1.82) is 0 Å². The summed E-state index contributed by atoms with van der Waals surface area (Å²) in [6.45, 7) is 6.43. The summed E-state index contributed by atoms with van der Waals surface area (Å²) >= 11 is 1.70. The fourth-order valence-corrected chi connectivity index (χ4v) is 5.18. The number of carbonyl (C=O) groups excluding carboxylic acids is 1. The standard InChI is InChI=1S/C20H21N3O2S.ClH/c1-20(2)11-14-15(12-25-20)26-18-16(14)17(24)23(13-7-4-3-5-8-13)19-21-9-6-10-22(18)19;/h3-5,7-8H,6,9-12H2,1-2H3;1H. The lowest BCUT2D eigenvalue weighted by Gasteiger charge is -2.39. The van der Waals surface area contributed by atoms with Crippen LogP contribution in [0, 0.1) is 0 Å². The summed E-state index contributed by atoms with van der Waals surface area (Å²) in [7, 11) is 0. The van der Waals surface area contributed by atoms with Crippen molar-refractivity contribution < 1.29 is 9.53 Å². The third-order valence-electron chi connectivity index (χ3n) is 5.18. The maximum Gasteiger partial charge on any atom is 0.268 e. The van der Waals surface area contributed by atoms with Crippen LogP contribution < -0.4 is 9.80 Å². The van der Waals surface area contributed by atoms with Crippen LogP contribution in [0.5, 0.6) is 0 Å². The second-order valence-corrected chi connectivity index (χ2v) is 8.66. The number of halogens is 1. The zero-order chi connectivity index (χ0) is 17.9. The lowest BCUT2D eigenvalue weighted by atomic mass is 9.92. The highest BCUT2D eigenvalue weighted by molar-refractivity contribution is 7.17. The largest absolute Gasteiger partial charge is 0.370 e. The normalized spacial score (nSPS) is 20.2. The number of amides is 1. The molecule has 7 heteroatoms. The lowest BCUT2D eigenvalue weighted by molar-refractivity contribution is -0.0383. The van der Waals surface area contributed by atoms with Gasteiger partial charge in [-0.3, -0.25) is 9.79 Å². The van der Waals surface area contributed by atoms with Crippen LogP contribution in [0.2, 0.25) is 0 Å². The van der Waals surface area contributed by atoms with Crippen LogP contribution in [-0.4, -0.2) is 30.6 Å². The van der Waals surface area contributed by atoms with Crippen LogP contribution in [0.25, 0.3) is 0 Å². The van der Waals surface area contributed by atoms with Gasteiger partial charge < -0.3 is 9.64 Å². The first-order valence-electron chi connectivity index (χ1n) is 9.05. The predicted molar refractivity (Wildman–Crippen MR) is 112 cm³/mol. The van der Waals surface area contributed by atoms with E-state index in [1.165, 1.54) is 4.88 Å². The zero-order valence-corrected chi connectivity index (χ0v) is 17.0. The fourth-order valence-electron chi connectivity index (χ4n) is 3.94. The number of hydrogen-bond acceptors (Lipinski definition) is 5. The topological polar surface area (TPSA) is 45.1 Å². The van der Waals surface area contributed by atoms with Crippen LogP contribution in [-0.2, 0) is 17.8 Å². The summed E-state index contributed by atoms with van der Waals surface area (Å²) in [5.41, 5.74) is 2.65. The van der Waals surface area contributed by atoms with E-state index in [2.05, 4.69) is 18.7 Å². The van der Waals surface area contributed by atoms with E-state index < -0.39 is 0 Å². The highest BCUT2D eigenvalue weighted by Crippen LogP contribution is 2.46. The molecule has 0 saturated carbocycles. The molecule has 3 aliphatic heterocycles. The summed E-state index contributed by atoms with van der Waals surface area (Å²) in [4.78, 5) is 23.5. The van der Waals surface area contributed by atoms with Crippen LogP contribution in [0.4, 0.5) is 10.7 Å². The van der Waals surface area contributed by atoms with Crippen molar-refractivity contribution in [3.8, 4) is 0 Å². The average Bonchev–Trinajstić information content (AvgIpc) is 3.01. The number of benzene rings is 1. The summed E-state index contributed by atoms with van der Waals surface area (Å²) in [6.07, 6.45) is 1.77. The van der Waals surface area contributed by atoms with Gasteiger partial charge in [0.05, 0.1) is 23.5 Å². The Morgan fingerprint density at radius 1 is 1.22 bits per heavy atom. The molecule has 0 fully saturated rings. The zero-order valence-electron chi connectivity index (χ0n) is 15.4. The van der Waals surface area contributed by atoms with Gasteiger partial charge in [0.25, 0.3) is 5.91 Å². The van der Waals surface area contributed by atoms with E-state index in [1.54, 1.807) is 16.2 Å². The van der Waals surface area contributed by atoms with E-state index in [0.717, 1.165) is 53.7 Å². The molecule has 2 aromatic rings. The number of guanidine groups is 1. The molecular formula is C20H22ClN3O2S. The number of fused-ring (bicyclic) bond motifs is 5. The molecule has 5 nitrogen and oxygen atoms in total. The molecule has 0 bridgehead atoms. The van der Waals surface area contributed by atoms with Gasteiger partial charge >= 0.3 is 0 Å². The Kier molecular flexibility index (Phi) is 4.53. The Hall–Kier alpha value is -1.89. The molecule has 27 heavy (non-hydrogen) atoms. The minimum atomic E-state index is -0.240. The predicted octanol–water partition coefficient (Wildman–Crippen LogP) is 4.25. The van der Waals surface area contributed by atoms with E-state index in [-0.39, 0.29) is 23.9 Å². The number of ether oxygens (including phenoxy) is 1. The molecule has 0 unspecified atom stereocenters. The molecule has 0 spiro atoms. The van der Waals surface area contributed by atoms with Crippen LogP contribution in [0.1, 0.15) is 41.1 Å². The molecule has 142 valence electrons. The van der Waals surface area contributed by atoms with E-state index in [1.807, 2.05) is 30.3 Å². The maximum atomic E-state index is 13.6. The number of thiophene rings is 1. The first kappa shape index (κ1) is 18.5. The smallest absolute Gasteiger partial charge is 0.268 e. The molecule has 0 aliphatic carbocycles. The highest BCUT2D eigenvalue weighted by Gasteiger charge is 2.43. The minimum Gasteiger partial charge on any atom is -0.370 e. The highest BCUT2D eigenvalue weighted by atomic mass is 35.5. The van der Waals surface area contributed by atoms with Gasteiger partial charge in [-0.05, 0) is 38.0 Å². The van der Waals surface area contributed by atoms with Gasteiger partial charge in [-0.25, -0.2) is 4.90 Å². The number of carbonyl (C=O) groups is 1. The number of rotatable bonds is 1. The Morgan fingerprint density at radius 3 is 2.78 bits per heavy atom. The number of aliphatic imine (C=N–C) groups is 1. The molecule has 1 aromatic heterocycles. The molecule has 1 aromatic carbocycles. The summed E-state index contributed by atoms with van der Waals surface area (Å²) in [6, 6.07) is 9.85. The Balaban J connectivity index is 0.00000180. The molecule has 3 aliphatic rings. The summed E-state index contributed by atoms with van der Waals surface area (Å²) < 4.78 is 5.99. The average molecular weight is 404 g/mol. The van der Waals surface area contributed by atoms with Gasteiger partial charge in [-0.2, -0.15) is 0 Å². The molecule has 0 N–H and O–H groups in total. The van der Waals surface area contributed by atoms with Crippen molar-refractivity contribution in [2.24, 2.45) is 4.99 Å². The number of hydrogen-bond donors (Lipinski definition) is 0. The van der Waals surface area contributed by atoms with Crippen molar-refractivity contribution in [2.75, 3.05) is 22.9 Å². The third kappa shape index (κ3) is 2.87. The van der Waals surface area contributed by atoms with E-state index in [0.29, 0.717) is 6.61 Å². The van der Waals surface area contributed by atoms with Gasteiger partial charge in [-0.15, -0.1) is 23.7 Å². The van der Waals surface area contributed by atoms with E-state index >= 15 is 0 Å². The molecule has 0 radical (unpaired) electrons. The maximum absolute atomic E-state index is 13.6. The molecule has 1 amide bonds. The van der Waals surface area contributed by atoms with E-state index in [9.17, 15) is 4.79 Å². The Morgan fingerprint density at radius 2 is 2.00 bits per heavy atom. The molecule has 0 atom stereocenters. The number of anilines is 2. The summed E-state index contributed by atoms with van der Waals surface area (Å²) in [5.74, 6) is 0.803. The van der Waals surface area contributed by atoms with Crippen molar-refractivity contribution in [3.63, 3.8) is 0 Å². The second-order valence-electron chi connectivity index (χ2n) is 7.57. The first-order chi connectivity index (χ1) is 12.6. The van der Waals surface area contributed by atoms with Crippen molar-refractivity contribution in [1.82, 2.24) is 0 Å². The summed E-state index contributed by atoms with van der Waals surface area (Å²) in [5, 5.41) is 1.05. The van der Waals surface area contributed by atoms with Crippen LogP contribution in [0.15, 0.2) is 35.3 Å². The second kappa shape index (κ2) is 6.62. The number of nitrogens with zero attached hydrogens (tertiary/aromatic N) is 3. The van der Waals surface area contributed by atoms with Crippen LogP contribution >= 0.6 is 23.7 Å². The first-order valence-corrected chi connectivity index (χ1v) is 9.87. The fraction of sp³-hybridized carbons (Fsp3) is 0.400. The van der Waals surface area contributed by atoms with Gasteiger partial charge in [0.15, 0.2) is 0 Å². The molecule has 5 rings (SSSR count). The van der Waals surface area contributed by atoms with Gasteiger partial charge in [-0.1, -0.05) is 18.2 Å². The van der Waals surface area contributed by atoms with E-state index in [4.69, 9.17) is 9.73 Å². The minimum absolute atomic E-state index is 0. The Labute approximate surface area is 169 Å². The number of para-hydroxylation sites is 1. The van der Waals surface area contributed by atoms with Crippen molar-refractivity contribution in [3.05, 3.63) is 46.3 Å². The van der Waals surface area contributed by atoms with Gasteiger partial charge in [0, 0.05) is 24.4 Å². The Bertz CT molecular complexity index is 923. The van der Waals surface area contributed by atoms with Gasteiger partial charge in [0.1, 0.15) is 5.00 Å². The third-order valence-corrected chi connectivity index (χ3v) is 6.41. The van der Waals surface area contributed by atoms with Crippen molar-refractivity contribution in [2.45, 2.75) is 38.9 Å².